The van der Waals surface area contributed by atoms with Gasteiger partial charge in [-0.05, 0) is 44.6 Å². The summed E-state index contributed by atoms with van der Waals surface area (Å²) in [6.45, 7) is 4.41. The second kappa shape index (κ2) is 6.57. The second-order valence-electron chi connectivity index (χ2n) is 6.22. The SMILES string of the molecule is CCCC1(C(=O)N2CCCC(CC(=O)O)C2)CCCN1. The Bertz CT molecular complexity index is 364. The maximum absolute atomic E-state index is 12.9. The molecule has 0 aromatic carbocycles. The molecular weight excluding hydrogens is 256 g/mol. The van der Waals surface area contributed by atoms with E-state index in [1.54, 1.807) is 0 Å². The van der Waals surface area contributed by atoms with E-state index in [4.69, 9.17) is 5.11 Å². The van der Waals surface area contributed by atoms with Gasteiger partial charge in [-0.25, -0.2) is 0 Å². The molecule has 2 unspecified atom stereocenters. The van der Waals surface area contributed by atoms with Gasteiger partial charge in [-0.3, -0.25) is 9.59 Å². The largest absolute Gasteiger partial charge is 0.481 e. The van der Waals surface area contributed by atoms with Crippen LogP contribution in [0.1, 0.15) is 51.9 Å². The molecule has 2 atom stereocenters. The molecule has 0 aromatic rings. The standard InChI is InChI=1S/C15H26N2O3/c1-2-6-15(7-4-8-16-15)14(20)17-9-3-5-12(11-17)10-13(18)19/h12,16H,2-11H2,1H3,(H,18,19). The predicted molar refractivity (Wildman–Crippen MR) is 76.4 cm³/mol. The van der Waals surface area contributed by atoms with E-state index in [2.05, 4.69) is 12.2 Å². The summed E-state index contributed by atoms with van der Waals surface area (Å²) >= 11 is 0. The van der Waals surface area contributed by atoms with Gasteiger partial charge in [-0.1, -0.05) is 13.3 Å². The maximum atomic E-state index is 12.9. The number of hydrogen-bond donors (Lipinski definition) is 2. The van der Waals surface area contributed by atoms with Crippen molar-refractivity contribution in [3.05, 3.63) is 0 Å². The number of nitrogens with zero attached hydrogens (tertiary/aromatic N) is 1. The van der Waals surface area contributed by atoms with Crippen LogP contribution in [0.5, 0.6) is 0 Å². The van der Waals surface area contributed by atoms with Crippen molar-refractivity contribution in [1.29, 1.82) is 0 Å². The minimum absolute atomic E-state index is 0.116. The summed E-state index contributed by atoms with van der Waals surface area (Å²) in [4.78, 5) is 25.6. The van der Waals surface area contributed by atoms with E-state index in [0.29, 0.717) is 6.54 Å². The van der Waals surface area contributed by atoms with Gasteiger partial charge in [0.15, 0.2) is 0 Å². The van der Waals surface area contributed by atoms with Crippen molar-refractivity contribution in [2.24, 2.45) is 5.92 Å². The van der Waals surface area contributed by atoms with Crippen molar-refractivity contribution in [3.63, 3.8) is 0 Å². The second-order valence-corrected chi connectivity index (χ2v) is 6.22. The zero-order valence-electron chi connectivity index (χ0n) is 12.4. The number of hydrogen-bond acceptors (Lipinski definition) is 3. The van der Waals surface area contributed by atoms with Crippen LogP contribution in [0.3, 0.4) is 0 Å². The molecule has 1 amide bonds. The lowest BCUT2D eigenvalue weighted by molar-refractivity contribution is -0.143. The highest BCUT2D eigenvalue weighted by Crippen LogP contribution is 2.29. The van der Waals surface area contributed by atoms with E-state index in [-0.39, 0.29) is 23.8 Å². The van der Waals surface area contributed by atoms with Crippen LogP contribution in [0.4, 0.5) is 0 Å². The van der Waals surface area contributed by atoms with E-state index in [1.165, 1.54) is 0 Å². The third-order valence-electron chi connectivity index (χ3n) is 4.60. The Morgan fingerprint density at radius 1 is 1.40 bits per heavy atom. The summed E-state index contributed by atoms with van der Waals surface area (Å²) in [5.74, 6) is -0.441. The van der Waals surface area contributed by atoms with Gasteiger partial charge in [-0.2, -0.15) is 0 Å². The van der Waals surface area contributed by atoms with Crippen molar-refractivity contribution < 1.29 is 14.7 Å². The molecule has 0 bridgehead atoms. The summed E-state index contributed by atoms with van der Waals surface area (Å²) in [5.41, 5.74) is -0.375. The minimum atomic E-state index is -0.758. The molecule has 0 spiro atoms. The highest BCUT2D eigenvalue weighted by Gasteiger charge is 2.43. The van der Waals surface area contributed by atoms with E-state index in [9.17, 15) is 9.59 Å². The first kappa shape index (κ1) is 15.3. The summed E-state index contributed by atoms with van der Waals surface area (Å²) < 4.78 is 0. The maximum Gasteiger partial charge on any atom is 0.303 e. The molecule has 20 heavy (non-hydrogen) atoms. The number of carboxylic acid groups (broad SMARTS) is 1. The Kier molecular flexibility index (Phi) is 5.02. The lowest BCUT2D eigenvalue weighted by Crippen LogP contribution is -2.56. The topological polar surface area (TPSA) is 69.6 Å². The van der Waals surface area contributed by atoms with Crippen LogP contribution in [0, 0.1) is 5.92 Å². The molecule has 2 fully saturated rings. The first-order chi connectivity index (χ1) is 9.57. The van der Waals surface area contributed by atoms with Gasteiger partial charge >= 0.3 is 5.97 Å². The van der Waals surface area contributed by atoms with E-state index < -0.39 is 5.97 Å². The Labute approximate surface area is 120 Å². The molecule has 114 valence electrons. The summed E-state index contributed by atoms with van der Waals surface area (Å²) in [6, 6.07) is 0. The van der Waals surface area contributed by atoms with Crippen molar-refractivity contribution in [2.45, 2.75) is 57.4 Å². The predicted octanol–water partition coefficient (Wildman–Crippen LogP) is 1.62. The highest BCUT2D eigenvalue weighted by molar-refractivity contribution is 5.87. The third-order valence-corrected chi connectivity index (χ3v) is 4.60. The monoisotopic (exact) mass is 282 g/mol. The minimum Gasteiger partial charge on any atom is -0.481 e. The number of rotatable bonds is 5. The first-order valence-electron chi connectivity index (χ1n) is 7.83. The average Bonchev–Trinajstić information content (AvgIpc) is 2.87. The number of likely N-dealkylation sites (tertiary alicyclic amines) is 1. The summed E-state index contributed by atoms with van der Waals surface area (Å²) in [6.07, 6.45) is 5.86. The van der Waals surface area contributed by atoms with E-state index >= 15 is 0 Å². The van der Waals surface area contributed by atoms with Gasteiger partial charge in [0, 0.05) is 19.5 Å². The van der Waals surface area contributed by atoms with Crippen LogP contribution in [0.15, 0.2) is 0 Å². The summed E-state index contributed by atoms with van der Waals surface area (Å²) in [5, 5.41) is 12.3. The molecule has 2 aliphatic rings. The molecule has 2 N–H and O–H groups in total. The van der Waals surface area contributed by atoms with Crippen LogP contribution >= 0.6 is 0 Å². The fraction of sp³-hybridized carbons (Fsp3) is 0.867. The van der Waals surface area contributed by atoms with Crippen LogP contribution in [-0.2, 0) is 9.59 Å². The van der Waals surface area contributed by atoms with Crippen LogP contribution < -0.4 is 5.32 Å². The van der Waals surface area contributed by atoms with Crippen LogP contribution in [0.2, 0.25) is 0 Å². The molecule has 2 saturated heterocycles. The number of amides is 1. The smallest absolute Gasteiger partial charge is 0.303 e. The van der Waals surface area contributed by atoms with Crippen molar-refractivity contribution >= 4 is 11.9 Å². The van der Waals surface area contributed by atoms with Crippen LogP contribution in [0.25, 0.3) is 0 Å². The van der Waals surface area contributed by atoms with Gasteiger partial charge in [0.1, 0.15) is 0 Å². The molecular formula is C15H26N2O3. The lowest BCUT2D eigenvalue weighted by Gasteiger charge is -2.39. The molecule has 0 aliphatic carbocycles. The number of nitrogens with one attached hydrogen (secondary N) is 1. The lowest BCUT2D eigenvalue weighted by atomic mass is 9.87. The third kappa shape index (κ3) is 3.32. The number of piperidine rings is 1. The highest BCUT2D eigenvalue weighted by atomic mass is 16.4. The van der Waals surface area contributed by atoms with Crippen molar-refractivity contribution in [3.8, 4) is 0 Å². The number of carbonyl (C=O) groups excluding carboxylic acids is 1. The van der Waals surface area contributed by atoms with E-state index in [0.717, 1.165) is 51.6 Å². The number of aliphatic carboxylic acids is 1. The Balaban J connectivity index is 2.01. The van der Waals surface area contributed by atoms with Crippen LogP contribution in [-0.4, -0.2) is 47.1 Å². The van der Waals surface area contributed by atoms with Crippen molar-refractivity contribution in [1.82, 2.24) is 10.2 Å². The van der Waals surface area contributed by atoms with Gasteiger partial charge in [0.05, 0.1) is 5.54 Å². The van der Waals surface area contributed by atoms with Gasteiger partial charge in [-0.15, -0.1) is 0 Å². The Hall–Kier alpha value is -1.10. The summed E-state index contributed by atoms with van der Waals surface area (Å²) in [7, 11) is 0. The van der Waals surface area contributed by atoms with Gasteiger partial charge in [0.2, 0.25) is 5.91 Å². The number of carboxylic acids is 1. The van der Waals surface area contributed by atoms with Crippen molar-refractivity contribution in [2.75, 3.05) is 19.6 Å². The molecule has 5 nitrogen and oxygen atoms in total. The van der Waals surface area contributed by atoms with Gasteiger partial charge in [0.25, 0.3) is 0 Å². The molecule has 0 radical (unpaired) electrons. The Morgan fingerprint density at radius 2 is 2.20 bits per heavy atom. The Morgan fingerprint density at radius 3 is 2.80 bits per heavy atom. The van der Waals surface area contributed by atoms with Gasteiger partial charge < -0.3 is 15.3 Å². The zero-order valence-corrected chi connectivity index (χ0v) is 12.4. The molecule has 0 saturated carbocycles. The quantitative estimate of drug-likeness (QED) is 0.804. The molecule has 2 heterocycles. The molecule has 5 heteroatoms. The van der Waals surface area contributed by atoms with E-state index in [1.807, 2.05) is 4.90 Å². The molecule has 2 aliphatic heterocycles. The zero-order chi connectivity index (χ0) is 14.6. The fourth-order valence-electron chi connectivity index (χ4n) is 3.70. The molecule has 2 rings (SSSR count). The molecule has 0 aromatic heterocycles. The average molecular weight is 282 g/mol. The normalized spacial score (nSPS) is 30.4. The fourth-order valence-corrected chi connectivity index (χ4v) is 3.70. The first-order valence-corrected chi connectivity index (χ1v) is 7.83. The number of carbonyl (C=O) groups is 2.